The van der Waals surface area contributed by atoms with Crippen LogP contribution < -0.4 is 16.0 Å². The molecule has 2 aromatic rings. The maximum absolute atomic E-state index is 12.0. The highest BCUT2D eigenvalue weighted by atomic mass is 16.6. The van der Waals surface area contributed by atoms with E-state index in [1.165, 1.54) is 12.1 Å². The van der Waals surface area contributed by atoms with Crippen LogP contribution in [0.1, 0.15) is 17.3 Å². The van der Waals surface area contributed by atoms with E-state index in [2.05, 4.69) is 16.0 Å². The number of carbonyl (C=O) groups excluding carboxylic acids is 2. The van der Waals surface area contributed by atoms with Crippen LogP contribution in [0.3, 0.4) is 0 Å². The molecule has 0 aromatic heterocycles. The van der Waals surface area contributed by atoms with Gasteiger partial charge in [-0.3, -0.25) is 19.7 Å². The van der Waals surface area contributed by atoms with Crippen molar-refractivity contribution < 1.29 is 14.5 Å². The highest BCUT2D eigenvalue weighted by molar-refractivity contribution is 5.97. The summed E-state index contributed by atoms with van der Waals surface area (Å²) >= 11 is 0. The first-order valence-electron chi connectivity index (χ1n) is 8.09. The molecule has 136 valence electrons. The summed E-state index contributed by atoms with van der Waals surface area (Å²) in [5.41, 5.74) is 1.23. The van der Waals surface area contributed by atoms with Gasteiger partial charge in [-0.05, 0) is 31.2 Å². The smallest absolute Gasteiger partial charge is 0.269 e. The van der Waals surface area contributed by atoms with Crippen LogP contribution in [-0.2, 0) is 4.79 Å². The summed E-state index contributed by atoms with van der Waals surface area (Å²) in [6.45, 7) is 2.41. The van der Waals surface area contributed by atoms with Crippen molar-refractivity contribution in [3.8, 4) is 0 Å². The molecule has 0 aliphatic rings. The van der Waals surface area contributed by atoms with Crippen molar-refractivity contribution in [3.05, 3.63) is 70.3 Å². The van der Waals surface area contributed by atoms with Crippen LogP contribution in [0, 0.1) is 10.1 Å². The van der Waals surface area contributed by atoms with E-state index in [1.807, 2.05) is 6.07 Å². The molecule has 0 fully saturated rings. The first kappa shape index (κ1) is 18.9. The highest BCUT2D eigenvalue weighted by Gasteiger charge is 2.15. The van der Waals surface area contributed by atoms with Gasteiger partial charge in [-0.1, -0.05) is 18.2 Å². The number of nitrogens with zero attached hydrogens (tertiary/aromatic N) is 1. The number of anilines is 1. The summed E-state index contributed by atoms with van der Waals surface area (Å²) in [6.07, 6.45) is 0. The molecule has 0 bridgehead atoms. The number of nitrogens with one attached hydrogen (secondary N) is 3. The summed E-state index contributed by atoms with van der Waals surface area (Å²) in [7, 11) is 0. The zero-order valence-corrected chi connectivity index (χ0v) is 14.3. The second-order valence-corrected chi connectivity index (χ2v) is 5.58. The van der Waals surface area contributed by atoms with Gasteiger partial charge in [-0.2, -0.15) is 0 Å². The Morgan fingerprint density at radius 1 is 1.04 bits per heavy atom. The molecule has 2 aromatic carbocycles. The third-order valence-corrected chi connectivity index (χ3v) is 3.61. The minimum atomic E-state index is -0.665. The van der Waals surface area contributed by atoms with Gasteiger partial charge in [0.15, 0.2) is 0 Å². The lowest BCUT2D eigenvalue weighted by atomic mass is 10.2. The Morgan fingerprint density at radius 2 is 1.69 bits per heavy atom. The lowest BCUT2D eigenvalue weighted by Gasteiger charge is -2.14. The number of carbonyl (C=O) groups is 2. The van der Waals surface area contributed by atoms with E-state index in [0.717, 1.165) is 5.69 Å². The van der Waals surface area contributed by atoms with E-state index >= 15 is 0 Å². The number of benzene rings is 2. The zero-order chi connectivity index (χ0) is 18.9. The van der Waals surface area contributed by atoms with Crippen LogP contribution in [0.2, 0.25) is 0 Å². The molecule has 8 nitrogen and oxygen atoms in total. The Bertz CT molecular complexity index is 763. The van der Waals surface area contributed by atoms with Gasteiger partial charge in [-0.15, -0.1) is 0 Å². The molecule has 26 heavy (non-hydrogen) atoms. The molecular weight excluding hydrogens is 336 g/mol. The maximum Gasteiger partial charge on any atom is 0.269 e. The van der Waals surface area contributed by atoms with Crippen molar-refractivity contribution in [1.29, 1.82) is 0 Å². The van der Waals surface area contributed by atoms with E-state index in [4.69, 9.17) is 0 Å². The largest absolute Gasteiger partial charge is 0.383 e. The molecule has 0 unspecified atom stereocenters. The third-order valence-electron chi connectivity index (χ3n) is 3.61. The predicted octanol–water partition coefficient (Wildman–Crippen LogP) is 1.94. The molecule has 2 rings (SSSR count). The standard InChI is InChI=1S/C18H20N4O4/c1-13(21-18(24)14-5-3-2-4-6-14)17(23)20-12-11-19-15-7-9-16(10-8-15)22(25)26/h2-10,13,19H,11-12H2,1H3,(H,20,23)(H,21,24)/t13-/m0/s1. The van der Waals surface area contributed by atoms with Crippen LogP contribution in [0.25, 0.3) is 0 Å². The fourth-order valence-electron chi connectivity index (χ4n) is 2.18. The van der Waals surface area contributed by atoms with Crippen LogP contribution in [0.15, 0.2) is 54.6 Å². The van der Waals surface area contributed by atoms with Crippen molar-refractivity contribution in [3.63, 3.8) is 0 Å². The maximum atomic E-state index is 12.0. The number of non-ortho nitro benzene ring substituents is 1. The lowest BCUT2D eigenvalue weighted by Crippen LogP contribution is -2.45. The summed E-state index contributed by atoms with van der Waals surface area (Å²) in [4.78, 5) is 34.1. The minimum absolute atomic E-state index is 0.0202. The summed E-state index contributed by atoms with van der Waals surface area (Å²) < 4.78 is 0. The van der Waals surface area contributed by atoms with Gasteiger partial charge < -0.3 is 16.0 Å². The Kier molecular flexibility index (Phi) is 6.67. The van der Waals surface area contributed by atoms with Gasteiger partial charge in [0.05, 0.1) is 4.92 Å². The molecule has 1 atom stereocenters. The molecule has 0 spiro atoms. The fourth-order valence-corrected chi connectivity index (χ4v) is 2.18. The van der Waals surface area contributed by atoms with Crippen molar-refractivity contribution in [1.82, 2.24) is 10.6 Å². The van der Waals surface area contributed by atoms with Crippen LogP contribution in [-0.4, -0.2) is 35.9 Å². The molecule has 0 heterocycles. The normalized spacial score (nSPS) is 11.3. The number of nitro groups is 1. The van der Waals surface area contributed by atoms with Gasteiger partial charge in [0, 0.05) is 36.5 Å². The van der Waals surface area contributed by atoms with Gasteiger partial charge >= 0.3 is 0 Å². The van der Waals surface area contributed by atoms with Crippen molar-refractivity contribution in [2.75, 3.05) is 18.4 Å². The van der Waals surface area contributed by atoms with Gasteiger partial charge in [0.1, 0.15) is 6.04 Å². The number of nitro benzene ring substituents is 1. The molecule has 2 amide bonds. The molecule has 0 aliphatic carbocycles. The van der Waals surface area contributed by atoms with E-state index in [1.54, 1.807) is 43.3 Å². The Hall–Kier alpha value is -3.42. The molecule has 0 radical (unpaired) electrons. The van der Waals surface area contributed by atoms with E-state index < -0.39 is 11.0 Å². The van der Waals surface area contributed by atoms with E-state index in [-0.39, 0.29) is 17.5 Å². The molecule has 0 saturated carbocycles. The molecular formula is C18H20N4O4. The van der Waals surface area contributed by atoms with Gasteiger partial charge in [-0.25, -0.2) is 0 Å². The Balaban J connectivity index is 1.71. The van der Waals surface area contributed by atoms with Gasteiger partial charge in [0.2, 0.25) is 5.91 Å². The number of hydrogen-bond donors (Lipinski definition) is 3. The van der Waals surface area contributed by atoms with Crippen LogP contribution >= 0.6 is 0 Å². The first-order chi connectivity index (χ1) is 12.5. The quantitative estimate of drug-likeness (QED) is 0.380. The van der Waals surface area contributed by atoms with Crippen molar-refractivity contribution >= 4 is 23.2 Å². The highest BCUT2D eigenvalue weighted by Crippen LogP contribution is 2.14. The summed E-state index contributed by atoms with van der Waals surface area (Å²) in [6, 6.07) is 14.0. The molecule has 8 heteroatoms. The number of rotatable bonds is 8. The first-order valence-corrected chi connectivity index (χ1v) is 8.09. The van der Waals surface area contributed by atoms with Crippen LogP contribution in [0.5, 0.6) is 0 Å². The van der Waals surface area contributed by atoms with Crippen molar-refractivity contribution in [2.45, 2.75) is 13.0 Å². The SMILES string of the molecule is C[C@H](NC(=O)c1ccccc1)C(=O)NCCNc1ccc([N+](=O)[O-])cc1. The molecule has 3 N–H and O–H groups in total. The molecule has 0 saturated heterocycles. The summed E-state index contributed by atoms with van der Waals surface area (Å²) in [5, 5.41) is 19.0. The minimum Gasteiger partial charge on any atom is -0.383 e. The third kappa shape index (κ3) is 5.59. The van der Waals surface area contributed by atoms with E-state index in [9.17, 15) is 19.7 Å². The number of amides is 2. The number of hydrogen-bond acceptors (Lipinski definition) is 5. The van der Waals surface area contributed by atoms with E-state index in [0.29, 0.717) is 18.7 Å². The Labute approximate surface area is 150 Å². The fraction of sp³-hybridized carbons (Fsp3) is 0.222. The van der Waals surface area contributed by atoms with Crippen molar-refractivity contribution in [2.24, 2.45) is 0 Å². The second-order valence-electron chi connectivity index (χ2n) is 5.58. The topological polar surface area (TPSA) is 113 Å². The summed E-state index contributed by atoms with van der Waals surface area (Å²) in [5.74, 6) is -0.600. The van der Waals surface area contributed by atoms with Gasteiger partial charge in [0.25, 0.3) is 11.6 Å². The second kappa shape index (κ2) is 9.16. The zero-order valence-electron chi connectivity index (χ0n) is 14.3. The Morgan fingerprint density at radius 3 is 2.31 bits per heavy atom. The molecule has 0 aliphatic heterocycles. The van der Waals surface area contributed by atoms with Crippen LogP contribution in [0.4, 0.5) is 11.4 Å². The average Bonchev–Trinajstić information content (AvgIpc) is 2.66. The lowest BCUT2D eigenvalue weighted by molar-refractivity contribution is -0.384. The average molecular weight is 356 g/mol. The monoisotopic (exact) mass is 356 g/mol. The predicted molar refractivity (Wildman–Crippen MR) is 98.0 cm³/mol.